The Bertz CT molecular complexity index is 543. The molecule has 0 aliphatic carbocycles. The Hall–Kier alpha value is -1.29. The number of amides is 1. The van der Waals surface area contributed by atoms with Gasteiger partial charge in [0, 0.05) is 16.7 Å². The monoisotopic (exact) mass is 370 g/mol. The standard InChI is InChI=1S/C14H15IN2O2/c1-14(9-16)4-6-17(7-5-14)13(19)11-8-10(15)2-3-12(11)18/h2-3,8,18H,4-7H2,1H3. The summed E-state index contributed by atoms with van der Waals surface area (Å²) in [6, 6.07) is 7.30. The van der Waals surface area contributed by atoms with Crippen LogP contribution in [0.3, 0.4) is 0 Å². The van der Waals surface area contributed by atoms with Crippen LogP contribution in [0.15, 0.2) is 18.2 Å². The number of aromatic hydroxyl groups is 1. The number of phenols is 1. The van der Waals surface area contributed by atoms with E-state index in [1.807, 2.05) is 6.92 Å². The third-order valence-electron chi connectivity index (χ3n) is 3.61. The van der Waals surface area contributed by atoms with Crippen LogP contribution in [-0.2, 0) is 0 Å². The van der Waals surface area contributed by atoms with Gasteiger partial charge in [0.15, 0.2) is 0 Å². The fraction of sp³-hybridized carbons (Fsp3) is 0.429. The van der Waals surface area contributed by atoms with Crippen LogP contribution in [-0.4, -0.2) is 29.0 Å². The zero-order valence-electron chi connectivity index (χ0n) is 10.7. The van der Waals surface area contributed by atoms with E-state index in [2.05, 4.69) is 28.7 Å². The SMILES string of the molecule is CC1(C#N)CCN(C(=O)c2cc(I)ccc2O)CC1. The Kier molecular flexibility index (Phi) is 3.99. The van der Waals surface area contributed by atoms with Gasteiger partial charge in [-0.15, -0.1) is 0 Å². The largest absolute Gasteiger partial charge is 0.507 e. The number of likely N-dealkylation sites (tertiary alicyclic amines) is 1. The predicted octanol–water partition coefficient (Wildman–Crippen LogP) is 2.76. The number of piperidine rings is 1. The summed E-state index contributed by atoms with van der Waals surface area (Å²) in [6.45, 7) is 3.05. The molecule has 100 valence electrons. The van der Waals surface area contributed by atoms with Gasteiger partial charge in [0.2, 0.25) is 0 Å². The smallest absolute Gasteiger partial charge is 0.257 e. The Morgan fingerprint density at radius 2 is 2.11 bits per heavy atom. The van der Waals surface area contributed by atoms with Crippen molar-refractivity contribution in [1.29, 1.82) is 5.26 Å². The summed E-state index contributed by atoms with van der Waals surface area (Å²) in [6.07, 6.45) is 1.36. The van der Waals surface area contributed by atoms with Crippen LogP contribution in [0.1, 0.15) is 30.1 Å². The van der Waals surface area contributed by atoms with Gasteiger partial charge in [-0.3, -0.25) is 4.79 Å². The van der Waals surface area contributed by atoms with Crippen LogP contribution >= 0.6 is 22.6 Å². The number of nitrogens with zero attached hydrogens (tertiary/aromatic N) is 2. The lowest BCUT2D eigenvalue weighted by Crippen LogP contribution is -2.41. The molecule has 0 aromatic heterocycles. The van der Waals surface area contributed by atoms with Crippen LogP contribution in [0.4, 0.5) is 0 Å². The lowest BCUT2D eigenvalue weighted by atomic mass is 9.82. The zero-order valence-corrected chi connectivity index (χ0v) is 12.8. The van der Waals surface area contributed by atoms with Crippen LogP contribution in [0.5, 0.6) is 5.75 Å². The number of halogens is 1. The van der Waals surface area contributed by atoms with Crippen molar-refractivity contribution < 1.29 is 9.90 Å². The Balaban J connectivity index is 2.14. The summed E-state index contributed by atoms with van der Waals surface area (Å²) in [5.41, 5.74) is 0.0108. The quantitative estimate of drug-likeness (QED) is 0.774. The summed E-state index contributed by atoms with van der Waals surface area (Å²) >= 11 is 2.11. The average molecular weight is 370 g/mol. The Labute approximate surface area is 126 Å². The lowest BCUT2D eigenvalue weighted by molar-refractivity contribution is 0.0658. The maximum Gasteiger partial charge on any atom is 0.257 e. The van der Waals surface area contributed by atoms with Crippen molar-refractivity contribution in [3.8, 4) is 11.8 Å². The first kappa shape index (κ1) is 14.1. The number of rotatable bonds is 1. The molecule has 0 radical (unpaired) electrons. The second kappa shape index (κ2) is 5.37. The van der Waals surface area contributed by atoms with Gasteiger partial charge in [-0.05, 0) is 60.6 Å². The summed E-state index contributed by atoms with van der Waals surface area (Å²) in [4.78, 5) is 14.1. The molecule has 5 heteroatoms. The first-order valence-electron chi connectivity index (χ1n) is 6.14. The maximum absolute atomic E-state index is 12.4. The highest BCUT2D eigenvalue weighted by molar-refractivity contribution is 14.1. The van der Waals surface area contributed by atoms with Crippen molar-refractivity contribution in [2.75, 3.05) is 13.1 Å². The summed E-state index contributed by atoms with van der Waals surface area (Å²) in [5, 5.41) is 18.9. The van der Waals surface area contributed by atoms with Gasteiger partial charge in [-0.1, -0.05) is 0 Å². The molecule has 2 rings (SSSR count). The number of hydrogen-bond donors (Lipinski definition) is 1. The minimum atomic E-state index is -0.329. The summed E-state index contributed by atoms with van der Waals surface area (Å²) in [7, 11) is 0. The molecule has 1 aromatic rings. The van der Waals surface area contributed by atoms with E-state index in [9.17, 15) is 9.90 Å². The molecule has 4 nitrogen and oxygen atoms in total. The van der Waals surface area contributed by atoms with Gasteiger partial charge in [0.05, 0.1) is 17.0 Å². The number of phenolic OH excluding ortho intramolecular Hbond substituents is 1. The first-order valence-corrected chi connectivity index (χ1v) is 7.22. The van der Waals surface area contributed by atoms with Crippen molar-refractivity contribution in [2.45, 2.75) is 19.8 Å². The van der Waals surface area contributed by atoms with E-state index < -0.39 is 0 Å². The van der Waals surface area contributed by atoms with E-state index in [0.29, 0.717) is 31.5 Å². The highest BCUT2D eigenvalue weighted by Gasteiger charge is 2.32. The van der Waals surface area contributed by atoms with E-state index in [4.69, 9.17) is 5.26 Å². The lowest BCUT2D eigenvalue weighted by Gasteiger charge is -2.35. The molecule has 1 heterocycles. The van der Waals surface area contributed by atoms with Crippen molar-refractivity contribution in [1.82, 2.24) is 4.90 Å². The molecule has 1 aromatic carbocycles. The van der Waals surface area contributed by atoms with Crippen LogP contribution in [0.25, 0.3) is 0 Å². The Morgan fingerprint density at radius 1 is 1.47 bits per heavy atom. The van der Waals surface area contributed by atoms with Gasteiger partial charge >= 0.3 is 0 Å². The second-order valence-corrected chi connectivity index (χ2v) is 6.37. The van der Waals surface area contributed by atoms with Gasteiger partial charge < -0.3 is 10.0 Å². The molecular weight excluding hydrogens is 355 g/mol. The fourth-order valence-corrected chi connectivity index (χ4v) is 2.66. The average Bonchev–Trinajstić information content (AvgIpc) is 2.42. The summed E-state index contributed by atoms with van der Waals surface area (Å²) < 4.78 is 0.914. The topological polar surface area (TPSA) is 64.3 Å². The zero-order chi connectivity index (χ0) is 14.0. The van der Waals surface area contributed by atoms with Gasteiger partial charge in [0.1, 0.15) is 5.75 Å². The molecule has 19 heavy (non-hydrogen) atoms. The molecule has 0 bridgehead atoms. The van der Waals surface area contributed by atoms with Gasteiger partial charge in [0.25, 0.3) is 5.91 Å². The number of carbonyl (C=O) groups is 1. The fourth-order valence-electron chi connectivity index (χ4n) is 2.17. The van der Waals surface area contributed by atoms with E-state index in [0.717, 1.165) is 3.57 Å². The van der Waals surface area contributed by atoms with Crippen molar-refractivity contribution in [2.24, 2.45) is 5.41 Å². The number of nitriles is 1. The third kappa shape index (κ3) is 3.00. The van der Waals surface area contributed by atoms with E-state index >= 15 is 0 Å². The van der Waals surface area contributed by atoms with Crippen LogP contribution < -0.4 is 0 Å². The normalized spacial score (nSPS) is 17.8. The van der Waals surface area contributed by atoms with Gasteiger partial charge in [-0.25, -0.2) is 0 Å². The van der Waals surface area contributed by atoms with E-state index in [1.54, 1.807) is 23.1 Å². The molecule has 1 fully saturated rings. The molecule has 1 amide bonds. The third-order valence-corrected chi connectivity index (χ3v) is 4.28. The van der Waals surface area contributed by atoms with Crippen molar-refractivity contribution in [3.05, 3.63) is 27.3 Å². The Morgan fingerprint density at radius 3 is 2.68 bits per heavy atom. The van der Waals surface area contributed by atoms with Crippen LogP contribution in [0, 0.1) is 20.3 Å². The van der Waals surface area contributed by atoms with Crippen molar-refractivity contribution >= 4 is 28.5 Å². The first-order chi connectivity index (χ1) is 8.95. The number of hydrogen-bond acceptors (Lipinski definition) is 3. The van der Waals surface area contributed by atoms with Crippen molar-refractivity contribution in [3.63, 3.8) is 0 Å². The summed E-state index contributed by atoms with van der Waals surface area (Å²) in [5.74, 6) is -0.143. The van der Waals surface area contributed by atoms with Crippen LogP contribution in [0.2, 0.25) is 0 Å². The molecule has 1 aliphatic rings. The minimum absolute atomic E-state index is 0.0130. The molecular formula is C14H15IN2O2. The minimum Gasteiger partial charge on any atom is -0.507 e. The maximum atomic E-state index is 12.4. The molecule has 0 saturated carbocycles. The highest BCUT2D eigenvalue weighted by atomic mass is 127. The predicted molar refractivity (Wildman–Crippen MR) is 79.7 cm³/mol. The van der Waals surface area contributed by atoms with E-state index in [-0.39, 0.29) is 17.1 Å². The molecule has 0 unspecified atom stereocenters. The molecule has 0 atom stereocenters. The second-order valence-electron chi connectivity index (χ2n) is 5.13. The number of benzene rings is 1. The molecule has 1 aliphatic heterocycles. The molecule has 1 saturated heterocycles. The molecule has 0 spiro atoms. The number of carbonyl (C=O) groups excluding carboxylic acids is 1. The highest BCUT2D eigenvalue weighted by Crippen LogP contribution is 2.31. The van der Waals surface area contributed by atoms with Gasteiger partial charge in [-0.2, -0.15) is 5.26 Å². The molecule has 1 N–H and O–H groups in total. The van der Waals surface area contributed by atoms with E-state index in [1.165, 1.54) is 0 Å².